The predicted molar refractivity (Wildman–Crippen MR) is 65.5 cm³/mol. The number of para-hydroxylation sites is 1. The number of nitrogens with two attached hydrogens (primary N) is 1. The number of aromatic nitrogens is 2. The second kappa shape index (κ2) is 4.61. The number of hydrogen-bond donors (Lipinski definition) is 2. The molecule has 1 heterocycles. The SMILES string of the molecule is CCc1ccccc1Nc1cncc(N)n1. The van der Waals surface area contributed by atoms with E-state index in [9.17, 15) is 0 Å². The van der Waals surface area contributed by atoms with E-state index in [-0.39, 0.29) is 0 Å². The fraction of sp³-hybridized carbons (Fsp3) is 0.167. The maximum absolute atomic E-state index is 5.57. The molecule has 2 aromatic rings. The van der Waals surface area contributed by atoms with Crippen LogP contribution in [-0.4, -0.2) is 9.97 Å². The van der Waals surface area contributed by atoms with Crippen molar-refractivity contribution < 1.29 is 0 Å². The number of nitrogens with one attached hydrogen (secondary N) is 1. The van der Waals surface area contributed by atoms with Gasteiger partial charge in [-0.15, -0.1) is 0 Å². The molecular formula is C12H14N4. The van der Waals surface area contributed by atoms with Crippen LogP contribution in [0.4, 0.5) is 17.3 Å². The molecular weight excluding hydrogens is 200 g/mol. The summed E-state index contributed by atoms with van der Waals surface area (Å²) in [5, 5.41) is 3.21. The summed E-state index contributed by atoms with van der Waals surface area (Å²) < 4.78 is 0. The molecule has 0 aliphatic carbocycles. The van der Waals surface area contributed by atoms with E-state index in [1.165, 1.54) is 11.8 Å². The fourth-order valence-electron chi connectivity index (χ4n) is 1.53. The molecule has 16 heavy (non-hydrogen) atoms. The fourth-order valence-corrected chi connectivity index (χ4v) is 1.53. The van der Waals surface area contributed by atoms with Crippen molar-refractivity contribution in [2.24, 2.45) is 0 Å². The summed E-state index contributed by atoms with van der Waals surface area (Å²) in [5.41, 5.74) is 7.86. The number of anilines is 3. The van der Waals surface area contributed by atoms with Gasteiger partial charge in [-0.3, -0.25) is 4.98 Å². The normalized spacial score (nSPS) is 10.1. The van der Waals surface area contributed by atoms with Gasteiger partial charge in [0.05, 0.1) is 12.4 Å². The van der Waals surface area contributed by atoms with Gasteiger partial charge in [0.25, 0.3) is 0 Å². The summed E-state index contributed by atoms with van der Waals surface area (Å²) in [7, 11) is 0. The average molecular weight is 214 g/mol. The molecule has 0 unspecified atom stereocenters. The maximum atomic E-state index is 5.57. The van der Waals surface area contributed by atoms with Crippen molar-refractivity contribution in [3.05, 3.63) is 42.2 Å². The van der Waals surface area contributed by atoms with Gasteiger partial charge in [0.15, 0.2) is 5.82 Å². The third-order valence-electron chi connectivity index (χ3n) is 2.31. The number of nitrogens with zero attached hydrogens (tertiary/aromatic N) is 2. The second-order valence-corrected chi connectivity index (χ2v) is 3.46. The van der Waals surface area contributed by atoms with Gasteiger partial charge >= 0.3 is 0 Å². The second-order valence-electron chi connectivity index (χ2n) is 3.46. The zero-order valence-corrected chi connectivity index (χ0v) is 9.14. The van der Waals surface area contributed by atoms with Gasteiger partial charge in [-0.2, -0.15) is 0 Å². The quantitative estimate of drug-likeness (QED) is 0.823. The molecule has 0 aliphatic heterocycles. The van der Waals surface area contributed by atoms with E-state index in [2.05, 4.69) is 28.3 Å². The van der Waals surface area contributed by atoms with E-state index < -0.39 is 0 Å². The van der Waals surface area contributed by atoms with Gasteiger partial charge in [-0.1, -0.05) is 25.1 Å². The molecule has 1 aromatic heterocycles. The summed E-state index contributed by atoms with van der Waals surface area (Å²) in [4.78, 5) is 8.13. The van der Waals surface area contributed by atoms with E-state index in [0.29, 0.717) is 11.6 Å². The molecule has 0 spiro atoms. The largest absolute Gasteiger partial charge is 0.382 e. The number of hydrogen-bond acceptors (Lipinski definition) is 4. The van der Waals surface area contributed by atoms with Crippen molar-refractivity contribution in [1.29, 1.82) is 0 Å². The van der Waals surface area contributed by atoms with Crippen LogP contribution < -0.4 is 11.1 Å². The molecule has 0 radical (unpaired) electrons. The first kappa shape index (κ1) is 10.4. The summed E-state index contributed by atoms with van der Waals surface area (Å²) in [6.07, 6.45) is 4.15. The summed E-state index contributed by atoms with van der Waals surface area (Å²) in [6.45, 7) is 2.12. The van der Waals surface area contributed by atoms with E-state index in [1.807, 2.05) is 18.2 Å². The van der Waals surface area contributed by atoms with Gasteiger partial charge in [-0.25, -0.2) is 4.98 Å². The summed E-state index contributed by atoms with van der Waals surface area (Å²) in [6, 6.07) is 8.11. The van der Waals surface area contributed by atoms with E-state index >= 15 is 0 Å². The van der Waals surface area contributed by atoms with Gasteiger partial charge in [0.1, 0.15) is 5.82 Å². The third kappa shape index (κ3) is 2.28. The minimum Gasteiger partial charge on any atom is -0.382 e. The first-order valence-corrected chi connectivity index (χ1v) is 5.22. The van der Waals surface area contributed by atoms with Crippen molar-refractivity contribution >= 4 is 17.3 Å². The van der Waals surface area contributed by atoms with Crippen LogP contribution in [0.3, 0.4) is 0 Å². The van der Waals surface area contributed by atoms with Crippen LogP contribution in [0.15, 0.2) is 36.7 Å². The van der Waals surface area contributed by atoms with Crippen LogP contribution in [0.25, 0.3) is 0 Å². The molecule has 0 aliphatic rings. The summed E-state index contributed by atoms with van der Waals surface area (Å²) >= 11 is 0. The lowest BCUT2D eigenvalue weighted by Crippen LogP contribution is -2.00. The van der Waals surface area contributed by atoms with Crippen LogP contribution in [0.1, 0.15) is 12.5 Å². The lowest BCUT2D eigenvalue weighted by atomic mass is 10.1. The third-order valence-corrected chi connectivity index (χ3v) is 2.31. The lowest BCUT2D eigenvalue weighted by Gasteiger charge is -2.09. The Bertz CT molecular complexity index is 482. The molecule has 82 valence electrons. The smallest absolute Gasteiger partial charge is 0.151 e. The minimum atomic E-state index is 0.416. The Morgan fingerprint density at radius 2 is 2.06 bits per heavy atom. The average Bonchev–Trinajstić information content (AvgIpc) is 2.30. The molecule has 0 saturated carbocycles. The van der Waals surface area contributed by atoms with Crippen LogP contribution in [-0.2, 0) is 6.42 Å². The van der Waals surface area contributed by atoms with E-state index in [1.54, 1.807) is 6.20 Å². The zero-order valence-electron chi connectivity index (χ0n) is 9.14. The van der Waals surface area contributed by atoms with Gasteiger partial charge in [0, 0.05) is 5.69 Å². The van der Waals surface area contributed by atoms with Crippen LogP contribution >= 0.6 is 0 Å². The van der Waals surface area contributed by atoms with Gasteiger partial charge in [0.2, 0.25) is 0 Å². The van der Waals surface area contributed by atoms with Crippen molar-refractivity contribution in [1.82, 2.24) is 9.97 Å². The van der Waals surface area contributed by atoms with Crippen molar-refractivity contribution in [2.75, 3.05) is 11.1 Å². The van der Waals surface area contributed by atoms with Gasteiger partial charge in [-0.05, 0) is 18.1 Å². The Kier molecular flexibility index (Phi) is 3.00. The first-order chi connectivity index (χ1) is 7.79. The summed E-state index contributed by atoms with van der Waals surface area (Å²) in [5.74, 6) is 1.08. The molecule has 0 bridgehead atoms. The number of aryl methyl sites for hydroxylation is 1. The first-order valence-electron chi connectivity index (χ1n) is 5.22. The number of rotatable bonds is 3. The molecule has 2 rings (SSSR count). The molecule has 0 fully saturated rings. The Morgan fingerprint density at radius 1 is 1.25 bits per heavy atom. The topological polar surface area (TPSA) is 63.8 Å². The molecule has 3 N–H and O–H groups in total. The van der Waals surface area contributed by atoms with Crippen LogP contribution in [0.5, 0.6) is 0 Å². The molecule has 0 atom stereocenters. The van der Waals surface area contributed by atoms with Crippen molar-refractivity contribution in [2.45, 2.75) is 13.3 Å². The molecule has 0 amide bonds. The highest BCUT2D eigenvalue weighted by Crippen LogP contribution is 2.19. The lowest BCUT2D eigenvalue weighted by molar-refractivity contribution is 1.13. The van der Waals surface area contributed by atoms with Crippen LogP contribution in [0, 0.1) is 0 Å². The highest BCUT2D eigenvalue weighted by molar-refractivity contribution is 5.60. The molecule has 4 heteroatoms. The Balaban J connectivity index is 2.26. The highest BCUT2D eigenvalue weighted by Gasteiger charge is 2.01. The molecule has 4 nitrogen and oxygen atoms in total. The van der Waals surface area contributed by atoms with E-state index in [4.69, 9.17) is 5.73 Å². The maximum Gasteiger partial charge on any atom is 0.151 e. The Morgan fingerprint density at radius 3 is 2.81 bits per heavy atom. The highest BCUT2D eigenvalue weighted by atomic mass is 15.0. The predicted octanol–water partition coefficient (Wildman–Crippen LogP) is 2.36. The van der Waals surface area contributed by atoms with Gasteiger partial charge < -0.3 is 11.1 Å². The Hall–Kier alpha value is -2.10. The number of benzene rings is 1. The molecule has 1 aromatic carbocycles. The monoisotopic (exact) mass is 214 g/mol. The van der Waals surface area contributed by atoms with E-state index in [0.717, 1.165) is 12.1 Å². The minimum absolute atomic E-state index is 0.416. The standard InChI is InChI=1S/C12H14N4/c1-2-9-5-3-4-6-10(9)15-12-8-14-7-11(13)16-12/h3-8H,2H2,1H3,(H3,13,15,16). The molecule has 0 saturated heterocycles. The van der Waals surface area contributed by atoms with Crippen LogP contribution in [0.2, 0.25) is 0 Å². The number of nitrogen functional groups attached to an aromatic ring is 1. The van der Waals surface area contributed by atoms with Crippen molar-refractivity contribution in [3.8, 4) is 0 Å². The van der Waals surface area contributed by atoms with Crippen molar-refractivity contribution in [3.63, 3.8) is 0 Å². The Labute approximate surface area is 94.5 Å². The zero-order chi connectivity index (χ0) is 11.4.